The van der Waals surface area contributed by atoms with E-state index >= 15 is 0 Å². The first-order chi connectivity index (χ1) is 8.69. The summed E-state index contributed by atoms with van der Waals surface area (Å²) in [4.78, 5) is 0. The van der Waals surface area contributed by atoms with E-state index in [1.54, 1.807) is 0 Å². The lowest BCUT2D eigenvalue weighted by Crippen LogP contribution is -2.19. The fourth-order valence-corrected chi connectivity index (χ4v) is 2.30. The van der Waals surface area contributed by atoms with Crippen molar-refractivity contribution in [2.45, 2.75) is 51.2 Å². The van der Waals surface area contributed by atoms with Gasteiger partial charge in [-0.15, -0.1) is 0 Å². The first-order valence-electron chi connectivity index (χ1n) is 6.70. The molecular weight excluding hydrogens is 292 g/mol. The number of aliphatic hydroxyl groups is 2. The van der Waals surface area contributed by atoms with Gasteiger partial charge in [-0.2, -0.15) is 0 Å². The number of alkyl halides is 1. The normalized spacial score (nSPS) is 14.4. The molecule has 0 fully saturated rings. The Balaban J connectivity index is 2.47. The molecule has 2 atom stereocenters. The Bertz CT molecular complexity index is 324. The van der Waals surface area contributed by atoms with Crippen LogP contribution in [0.5, 0.6) is 0 Å². The number of benzene rings is 1. The molecule has 0 saturated carbocycles. The minimum absolute atomic E-state index is 0.382. The van der Waals surface area contributed by atoms with Gasteiger partial charge in [0.05, 0.1) is 6.10 Å². The van der Waals surface area contributed by atoms with Gasteiger partial charge in [-0.05, 0) is 24.0 Å². The third-order valence-corrected chi connectivity index (χ3v) is 3.83. The van der Waals surface area contributed by atoms with Crippen LogP contribution in [-0.4, -0.2) is 21.6 Å². The number of rotatable bonds is 8. The van der Waals surface area contributed by atoms with E-state index in [-0.39, 0.29) is 0 Å². The van der Waals surface area contributed by atoms with Crippen molar-refractivity contribution in [3.8, 4) is 0 Å². The molecule has 18 heavy (non-hydrogen) atoms. The number of hydrogen-bond donors (Lipinski definition) is 2. The van der Waals surface area contributed by atoms with Gasteiger partial charge >= 0.3 is 0 Å². The van der Waals surface area contributed by atoms with Crippen molar-refractivity contribution in [2.75, 3.05) is 5.33 Å². The van der Waals surface area contributed by atoms with Crippen molar-refractivity contribution in [1.29, 1.82) is 0 Å². The third-order valence-electron chi connectivity index (χ3n) is 3.16. The predicted octanol–water partition coefficient (Wildman–Crippen LogP) is 3.60. The number of hydrogen-bond acceptors (Lipinski definition) is 2. The number of aryl methyl sites for hydroxylation is 1. The highest BCUT2D eigenvalue weighted by Crippen LogP contribution is 2.19. The van der Waals surface area contributed by atoms with Crippen LogP contribution in [0.25, 0.3) is 0 Å². The van der Waals surface area contributed by atoms with Crippen molar-refractivity contribution in [2.24, 2.45) is 0 Å². The molecule has 0 aliphatic rings. The molecule has 0 aliphatic carbocycles. The van der Waals surface area contributed by atoms with E-state index in [0.717, 1.165) is 12.0 Å². The number of aliphatic hydroxyl groups excluding tert-OH is 2. The molecule has 0 spiro atoms. The van der Waals surface area contributed by atoms with Gasteiger partial charge in [0.2, 0.25) is 0 Å². The molecule has 102 valence electrons. The van der Waals surface area contributed by atoms with Gasteiger partial charge < -0.3 is 10.2 Å². The van der Waals surface area contributed by atoms with Crippen LogP contribution in [0.1, 0.15) is 49.8 Å². The molecule has 2 unspecified atom stereocenters. The number of halogens is 1. The van der Waals surface area contributed by atoms with E-state index in [4.69, 9.17) is 0 Å². The Morgan fingerprint density at radius 2 is 1.72 bits per heavy atom. The quantitative estimate of drug-likeness (QED) is 0.568. The van der Waals surface area contributed by atoms with E-state index in [1.807, 2.05) is 24.3 Å². The Morgan fingerprint density at radius 1 is 1.06 bits per heavy atom. The van der Waals surface area contributed by atoms with E-state index in [2.05, 4.69) is 22.9 Å². The lowest BCUT2D eigenvalue weighted by Gasteiger charge is -2.16. The third kappa shape index (κ3) is 5.09. The maximum atomic E-state index is 9.85. The summed E-state index contributed by atoms with van der Waals surface area (Å²) in [6.45, 7) is 2.21. The second-order valence-corrected chi connectivity index (χ2v) is 5.37. The highest BCUT2D eigenvalue weighted by atomic mass is 79.9. The number of unbranched alkanes of at least 4 members (excludes halogenated alkanes) is 3. The largest absolute Gasteiger partial charge is 0.389 e. The van der Waals surface area contributed by atoms with Crippen LogP contribution in [0, 0.1) is 0 Å². The molecule has 0 aliphatic heterocycles. The summed E-state index contributed by atoms with van der Waals surface area (Å²) < 4.78 is 0. The fraction of sp³-hybridized carbons (Fsp3) is 0.600. The topological polar surface area (TPSA) is 40.5 Å². The molecule has 1 aromatic carbocycles. The highest BCUT2D eigenvalue weighted by molar-refractivity contribution is 9.09. The average molecular weight is 315 g/mol. The Kier molecular flexibility index (Phi) is 7.56. The molecule has 0 aromatic heterocycles. The monoisotopic (exact) mass is 314 g/mol. The Hall–Kier alpha value is -0.380. The van der Waals surface area contributed by atoms with Gasteiger partial charge in [0.15, 0.2) is 0 Å². The second kappa shape index (κ2) is 8.68. The molecule has 2 N–H and O–H groups in total. The van der Waals surface area contributed by atoms with Crippen LogP contribution >= 0.6 is 15.9 Å². The molecule has 0 radical (unpaired) electrons. The first kappa shape index (κ1) is 15.7. The summed E-state index contributed by atoms with van der Waals surface area (Å²) in [5, 5.41) is 19.8. The smallest absolute Gasteiger partial charge is 0.106 e. The molecule has 0 amide bonds. The molecule has 0 bridgehead atoms. The minimum Gasteiger partial charge on any atom is -0.389 e. The zero-order chi connectivity index (χ0) is 13.4. The van der Waals surface area contributed by atoms with Crippen molar-refractivity contribution < 1.29 is 10.2 Å². The standard InChI is InChI=1S/C15H23BrO2/c1-2-3-4-5-6-12-7-9-13(10-8-12)15(18)14(17)11-16/h7-10,14-15,17-18H,2-6,11H2,1H3. The molecule has 1 rings (SSSR count). The van der Waals surface area contributed by atoms with Crippen molar-refractivity contribution in [1.82, 2.24) is 0 Å². The van der Waals surface area contributed by atoms with E-state index in [0.29, 0.717) is 5.33 Å². The van der Waals surface area contributed by atoms with Crippen LogP contribution in [-0.2, 0) is 6.42 Å². The summed E-state index contributed by atoms with van der Waals surface area (Å²) in [6, 6.07) is 7.91. The average Bonchev–Trinajstić information content (AvgIpc) is 2.42. The maximum Gasteiger partial charge on any atom is 0.106 e. The molecular formula is C15H23BrO2. The summed E-state index contributed by atoms with van der Waals surface area (Å²) >= 11 is 3.17. The lowest BCUT2D eigenvalue weighted by atomic mass is 10.0. The first-order valence-corrected chi connectivity index (χ1v) is 7.82. The van der Waals surface area contributed by atoms with Crippen LogP contribution in [0.15, 0.2) is 24.3 Å². The van der Waals surface area contributed by atoms with Gasteiger partial charge in [-0.1, -0.05) is 66.4 Å². The lowest BCUT2D eigenvalue weighted by molar-refractivity contribution is 0.0342. The molecule has 2 nitrogen and oxygen atoms in total. The van der Waals surface area contributed by atoms with Crippen LogP contribution in [0.3, 0.4) is 0 Å². The summed E-state index contributed by atoms with van der Waals surface area (Å²) in [7, 11) is 0. The van der Waals surface area contributed by atoms with Crippen LogP contribution < -0.4 is 0 Å². The maximum absolute atomic E-state index is 9.85. The van der Waals surface area contributed by atoms with Gasteiger partial charge in [0, 0.05) is 5.33 Å². The summed E-state index contributed by atoms with van der Waals surface area (Å²) in [5.74, 6) is 0. The highest BCUT2D eigenvalue weighted by Gasteiger charge is 2.16. The summed E-state index contributed by atoms with van der Waals surface area (Å²) in [6.07, 6.45) is 4.60. The van der Waals surface area contributed by atoms with E-state index in [9.17, 15) is 10.2 Å². The summed E-state index contributed by atoms with van der Waals surface area (Å²) in [5.41, 5.74) is 2.08. The second-order valence-electron chi connectivity index (χ2n) is 4.72. The van der Waals surface area contributed by atoms with Gasteiger partial charge in [0.25, 0.3) is 0 Å². The van der Waals surface area contributed by atoms with Crippen LogP contribution in [0.2, 0.25) is 0 Å². The molecule has 1 aromatic rings. The van der Waals surface area contributed by atoms with Crippen LogP contribution in [0.4, 0.5) is 0 Å². The van der Waals surface area contributed by atoms with E-state index < -0.39 is 12.2 Å². The predicted molar refractivity (Wildman–Crippen MR) is 79.0 cm³/mol. The fourth-order valence-electron chi connectivity index (χ4n) is 1.94. The zero-order valence-electron chi connectivity index (χ0n) is 11.0. The zero-order valence-corrected chi connectivity index (χ0v) is 12.6. The minimum atomic E-state index is -0.807. The Morgan fingerprint density at radius 3 is 2.28 bits per heavy atom. The molecule has 3 heteroatoms. The van der Waals surface area contributed by atoms with Gasteiger partial charge in [-0.3, -0.25) is 0 Å². The molecule has 0 heterocycles. The van der Waals surface area contributed by atoms with Gasteiger partial charge in [-0.25, -0.2) is 0 Å². The Labute approximate surface area is 118 Å². The van der Waals surface area contributed by atoms with Crippen molar-refractivity contribution in [3.63, 3.8) is 0 Å². The van der Waals surface area contributed by atoms with Crippen molar-refractivity contribution in [3.05, 3.63) is 35.4 Å². The van der Waals surface area contributed by atoms with Gasteiger partial charge in [0.1, 0.15) is 6.10 Å². The molecule has 0 saturated heterocycles. The SMILES string of the molecule is CCCCCCc1ccc(C(O)C(O)CBr)cc1. The van der Waals surface area contributed by atoms with E-state index in [1.165, 1.54) is 31.2 Å². The van der Waals surface area contributed by atoms with Crippen molar-refractivity contribution >= 4 is 15.9 Å².